The second-order valence-corrected chi connectivity index (χ2v) is 8.24. The van der Waals surface area contributed by atoms with Crippen molar-refractivity contribution < 1.29 is 14.5 Å². The van der Waals surface area contributed by atoms with Gasteiger partial charge in [-0.15, -0.1) is 0 Å². The zero-order valence-electron chi connectivity index (χ0n) is 13.6. The predicted molar refractivity (Wildman–Crippen MR) is 114 cm³/mol. The Morgan fingerprint density at radius 2 is 2.07 bits per heavy atom. The van der Waals surface area contributed by atoms with Crippen molar-refractivity contribution in [3.63, 3.8) is 0 Å². The first-order valence-corrected chi connectivity index (χ1v) is 9.77. The monoisotopic (exact) mass is 484 g/mol. The number of thioether (sulfide) groups is 1. The quantitative estimate of drug-likeness (QED) is 0.249. The maximum absolute atomic E-state index is 12.8. The number of methoxy groups -OCH3 is 1. The summed E-state index contributed by atoms with van der Waals surface area (Å²) in [6, 6.07) is 9.56. The summed E-state index contributed by atoms with van der Waals surface area (Å²) in [6.07, 6.45) is 1.56. The van der Waals surface area contributed by atoms with Gasteiger partial charge in [0.25, 0.3) is 5.91 Å². The van der Waals surface area contributed by atoms with Gasteiger partial charge in [-0.3, -0.25) is 19.8 Å². The Kier molecular flexibility index (Phi) is 5.85. The van der Waals surface area contributed by atoms with Gasteiger partial charge >= 0.3 is 5.69 Å². The first kappa shape index (κ1) is 19.8. The van der Waals surface area contributed by atoms with E-state index in [1.54, 1.807) is 30.3 Å². The highest BCUT2D eigenvalue weighted by Gasteiger charge is 2.33. The Hall–Kier alpha value is -1.94. The number of hydrogen-bond acceptors (Lipinski definition) is 6. The van der Waals surface area contributed by atoms with Gasteiger partial charge in [-0.25, -0.2) is 0 Å². The summed E-state index contributed by atoms with van der Waals surface area (Å²) in [5.74, 6) is -0.170. The number of nitrogens with zero attached hydrogens (tertiary/aromatic N) is 2. The highest BCUT2D eigenvalue weighted by molar-refractivity contribution is 9.10. The fraction of sp³-hybridized carbons (Fsp3) is 0.0588. The number of rotatable bonds is 4. The molecule has 2 aromatic rings. The molecule has 3 rings (SSSR count). The lowest BCUT2D eigenvalue weighted by Crippen LogP contribution is -2.27. The minimum absolute atomic E-state index is 0.147. The Morgan fingerprint density at radius 1 is 1.33 bits per heavy atom. The minimum Gasteiger partial charge on any atom is -0.490 e. The van der Waals surface area contributed by atoms with Crippen molar-refractivity contribution in [2.45, 2.75) is 0 Å². The van der Waals surface area contributed by atoms with E-state index in [9.17, 15) is 14.9 Å². The third-order valence-corrected chi connectivity index (χ3v) is 6.19. The number of carbonyl (C=O) groups is 1. The lowest BCUT2D eigenvalue weighted by atomic mass is 10.1. The molecule has 1 saturated heterocycles. The normalized spacial score (nSPS) is 15.5. The fourth-order valence-electron chi connectivity index (χ4n) is 2.41. The molecule has 0 aliphatic carbocycles. The number of nitro groups is 1. The highest BCUT2D eigenvalue weighted by atomic mass is 79.9. The first-order chi connectivity index (χ1) is 12.8. The van der Waals surface area contributed by atoms with Crippen molar-refractivity contribution in [3.8, 4) is 5.75 Å². The van der Waals surface area contributed by atoms with Gasteiger partial charge in [0.15, 0.2) is 10.1 Å². The van der Waals surface area contributed by atoms with Crippen LogP contribution in [-0.2, 0) is 4.79 Å². The van der Waals surface area contributed by atoms with Gasteiger partial charge in [0.1, 0.15) is 0 Å². The van der Waals surface area contributed by atoms with Gasteiger partial charge < -0.3 is 4.74 Å². The van der Waals surface area contributed by atoms with Crippen molar-refractivity contribution in [2.75, 3.05) is 12.0 Å². The Labute approximate surface area is 177 Å². The van der Waals surface area contributed by atoms with Gasteiger partial charge in [-0.1, -0.05) is 41.6 Å². The Morgan fingerprint density at radius 3 is 2.70 bits per heavy atom. The van der Waals surface area contributed by atoms with Crippen LogP contribution in [0.4, 0.5) is 11.4 Å². The third-order valence-electron chi connectivity index (χ3n) is 3.65. The second kappa shape index (κ2) is 7.97. The molecule has 0 radical (unpaired) electrons. The molecule has 0 N–H and O–H groups in total. The van der Waals surface area contributed by atoms with E-state index in [4.69, 9.17) is 28.6 Å². The average molecular weight is 486 g/mol. The van der Waals surface area contributed by atoms with Crippen LogP contribution < -0.4 is 9.64 Å². The number of anilines is 1. The molecule has 1 aliphatic heterocycles. The summed E-state index contributed by atoms with van der Waals surface area (Å²) in [6.45, 7) is 0. The first-order valence-electron chi connectivity index (χ1n) is 7.37. The van der Waals surface area contributed by atoms with E-state index in [2.05, 4.69) is 15.9 Å². The molecule has 27 heavy (non-hydrogen) atoms. The molecule has 6 nitrogen and oxygen atoms in total. The van der Waals surface area contributed by atoms with Crippen LogP contribution in [0.1, 0.15) is 5.56 Å². The number of benzene rings is 2. The molecule has 1 fully saturated rings. The fourth-order valence-corrected chi connectivity index (χ4v) is 4.13. The van der Waals surface area contributed by atoms with Crippen LogP contribution >= 0.6 is 51.5 Å². The summed E-state index contributed by atoms with van der Waals surface area (Å²) < 4.78 is 6.05. The minimum atomic E-state index is -0.536. The summed E-state index contributed by atoms with van der Waals surface area (Å²) in [4.78, 5) is 25.2. The molecule has 138 valence electrons. The lowest BCUT2D eigenvalue weighted by molar-refractivity contribution is -0.385. The van der Waals surface area contributed by atoms with Gasteiger partial charge in [0.05, 0.1) is 27.6 Å². The Bertz CT molecular complexity index is 1010. The van der Waals surface area contributed by atoms with Crippen LogP contribution in [-0.4, -0.2) is 22.3 Å². The van der Waals surface area contributed by atoms with Crippen molar-refractivity contribution in [2.24, 2.45) is 0 Å². The van der Waals surface area contributed by atoms with Gasteiger partial charge in [-0.2, -0.15) is 0 Å². The van der Waals surface area contributed by atoms with Crippen molar-refractivity contribution in [1.29, 1.82) is 0 Å². The Balaban J connectivity index is 1.96. The molecular formula is C17H10BrClN2O4S2. The van der Waals surface area contributed by atoms with E-state index in [0.717, 1.165) is 11.8 Å². The van der Waals surface area contributed by atoms with Gasteiger partial charge in [0, 0.05) is 10.5 Å². The third kappa shape index (κ3) is 4.01. The van der Waals surface area contributed by atoms with Crippen molar-refractivity contribution in [1.82, 2.24) is 0 Å². The molecule has 1 amide bonds. The van der Waals surface area contributed by atoms with Crippen molar-refractivity contribution in [3.05, 3.63) is 66.5 Å². The maximum atomic E-state index is 12.8. The number of carbonyl (C=O) groups excluding carboxylic acids is 1. The summed E-state index contributed by atoms with van der Waals surface area (Å²) >= 11 is 15.8. The number of halogens is 2. The van der Waals surface area contributed by atoms with Crippen molar-refractivity contribution >= 4 is 79.2 Å². The van der Waals surface area contributed by atoms with E-state index in [-0.39, 0.29) is 17.3 Å². The number of amides is 1. The molecule has 0 bridgehead atoms. The molecule has 2 aromatic carbocycles. The smallest absolute Gasteiger partial charge is 0.311 e. The van der Waals surface area contributed by atoms with Crippen LogP contribution in [0.5, 0.6) is 5.75 Å². The highest BCUT2D eigenvalue weighted by Crippen LogP contribution is 2.38. The zero-order chi connectivity index (χ0) is 19.7. The molecule has 0 atom stereocenters. The SMILES string of the molecule is COc1ccc(/C=C2/SC(=S)N(c3ccc(Br)c(Cl)c3)C2=O)cc1[N+](=O)[O-]. The molecular weight excluding hydrogens is 476 g/mol. The lowest BCUT2D eigenvalue weighted by Gasteiger charge is -2.15. The molecule has 1 aliphatic rings. The summed E-state index contributed by atoms with van der Waals surface area (Å²) in [5, 5.41) is 11.6. The molecule has 1 heterocycles. The van der Waals surface area contributed by atoms with E-state index in [1.807, 2.05) is 0 Å². The number of ether oxygens (including phenoxy) is 1. The number of nitro benzene ring substituents is 1. The average Bonchev–Trinajstić information content (AvgIpc) is 2.91. The molecule has 0 spiro atoms. The van der Waals surface area contributed by atoms with Gasteiger partial charge in [-0.05, 0) is 51.8 Å². The number of hydrogen-bond donors (Lipinski definition) is 0. The zero-order valence-corrected chi connectivity index (χ0v) is 17.6. The maximum Gasteiger partial charge on any atom is 0.311 e. The van der Waals surface area contributed by atoms with E-state index < -0.39 is 4.92 Å². The topological polar surface area (TPSA) is 72.7 Å². The molecule has 10 heteroatoms. The van der Waals surface area contributed by atoms with Crippen LogP contribution in [0.25, 0.3) is 6.08 Å². The van der Waals surface area contributed by atoms with E-state index in [0.29, 0.717) is 30.0 Å². The van der Waals surface area contributed by atoms with Crippen LogP contribution in [0.2, 0.25) is 5.02 Å². The second-order valence-electron chi connectivity index (χ2n) is 5.30. The van der Waals surface area contributed by atoms with Crippen LogP contribution in [0.3, 0.4) is 0 Å². The largest absolute Gasteiger partial charge is 0.490 e. The standard InChI is InChI=1S/C17H10BrClN2O4S2/c1-25-14-5-2-9(6-13(14)21(23)24)7-15-16(22)20(17(26)27-15)10-3-4-11(18)12(19)8-10/h2-8H,1H3/b15-7+. The van der Waals surface area contributed by atoms with E-state index >= 15 is 0 Å². The summed E-state index contributed by atoms with van der Waals surface area (Å²) in [7, 11) is 1.36. The summed E-state index contributed by atoms with van der Waals surface area (Å²) in [5.41, 5.74) is 0.869. The number of thiocarbonyl (C=S) groups is 1. The van der Waals surface area contributed by atoms with Crippen LogP contribution in [0, 0.1) is 10.1 Å². The molecule has 0 unspecified atom stereocenters. The predicted octanol–water partition coefficient (Wildman–Crippen LogP) is 5.43. The molecule has 0 saturated carbocycles. The van der Waals surface area contributed by atoms with E-state index in [1.165, 1.54) is 24.1 Å². The van der Waals surface area contributed by atoms with Crippen LogP contribution in [0.15, 0.2) is 45.8 Å². The molecule has 0 aromatic heterocycles. The van der Waals surface area contributed by atoms with Gasteiger partial charge in [0.2, 0.25) is 0 Å².